The fraction of sp³-hybridized carbons (Fsp3) is 0.368. The molecule has 7 nitrogen and oxygen atoms in total. The van der Waals surface area contributed by atoms with Crippen LogP contribution in [0.1, 0.15) is 19.4 Å². The highest BCUT2D eigenvalue weighted by molar-refractivity contribution is 9.10. The Hall–Kier alpha value is -2.04. The molecule has 10 heteroatoms. The molecule has 2 aromatic rings. The molecule has 0 spiro atoms. The largest absolute Gasteiger partial charge is 0.340 e. The smallest absolute Gasteiger partial charge is 0.251 e. The second kappa shape index (κ2) is 9.64. The number of halogens is 2. The Bertz CT molecular complexity index is 1050. The van der Waals surface area contributed by atoms with Crippen molar-refractivity contribution >= 4 is 31.9 Å². The first kappa shape index (κ1) is 23.2. The summed E-state index contributed by atoms with van der Waals surface area (Å²) in [6.45, 7) is 3.67. The maximum Gasteiger partial charge on any atom is 0.251 e. The van der Waals surface area contributed by atoms with Crippen molar-refractivity contribution in [2.45, 2.75) is 31.8 Å². The molecule has 0 saturated heterocycles. The van der Waals surface area contributed by atoms with E-state index in [-0.39, 0.29) is 31.1 Å². The van der Waals surface area contributed by atoms with Crippen molar-refractivity contribution in [2.24, 2.45) is 0 Å². The number of carbonyl (C=O) groups excluding carboxylic acids is 1. The van der Waals surface area contributed by atoms with Gasteiger partial charge in [0.2, 0.25) is 15.9 Å². The molecular weight excluding hydrogens is 465 g/mol. The Morgan fingerprint density at radius 1 is 1.17 bits per heavy atom. The molecule has 0 fully saturated rings. The van der Waals surface area contributed by atoms with Crippen LogP contribution >= 0.6 is 15.9 Å². The zero-order valence-electron chi connectivity index (χ0n) is 16.4. The fourth-order valence-corrected chi connectivity index (χ4v) is 4.66. The molecule has 0 aliphatic rings. The van der Waals surface area contributed by atoms with Gasteiger partial charge in [-0.25, -0.2) is 12.8 Å². The molecule has 158 valence electrons. The van der Waals surface area contributed by atoms with E-state index in [0.29, 0.717) is 10.0 Å². The molecule has 0 aliphatic carbocycles. The molecule has 0 atom stereocenters. The van der Waals surface area contributed by atoms with E-state index in [1.165, 1.54) is 34.6 Å². The van der Waals surface area contributed by atoms with Gasteiger partial charge in [-0.15, -0.1) is 0 Å². The minimum atomic E-state index is -3.76. The van der Waals surface area contributed by atoms with Gasteiger partial charge >= 0.3 is 0 Å². The molecule has 1 aromatic carbocycles. The number of likely N-dealkylation sites (N-methyl/N-ethyl adjacent to an activating group) is 1. The Balaban J connectivity index is 2.24. The average molecular weight is 488 g/mol. The van der Waals surface area contributed by atoms with Crippen molar-refractivity contribution in [2.75, 3.05) is 20.1 Å². The predicted octanol–water partition coefficient (Wildman–Crippen LogP) is 2.44. The molecule has 0 N–H and O–H groups in total. The molecule has 1 aromatic heterocycles. The molecule has 0 saturated carbocycles. The van der Waals surface area contributed by atoms with Gasteiger partial charge in [0.1, 0.15) is 12.4 Å². The fourth-order valence-electron chi connectivity index (χ4n) is 2.77. The molecular formula is C19H23BrFN3O4S. The van der Waals surface area contributed by atoms with Crippen molar-refractivity contribution < 1.29 is 17.6 Å². The van der Waals surface area contributed by atoms with Crippen molar-refractivity contribution in [3.63, 3.8) is 0 Å². The van der Waals surface area contributed by atoms with Crippen LogP contribution in [-0.2, 0) is 27.9 Å². The Kier molecular flexibility index (Phi) is 7.73. The average Bonchev–Trinajstić information content (AvgIpc) is 2.66. The maximum atomic E-state index is 13.9. The van der Waals surface area contributed by atoms with E-state index in [4.69, 9.17) is 0 Å². The molecule has 1 amide bonds. The van der Waals surface area contributed by atoms with E-state index in [9.17, 15) is 22.4 Å². The minimum Gasteiger partial charge on any atom is -0.340 e. The summed E-state index contributed by atoms with van der Waals surface area (Å²) in [7, 11) is -2.27. The second-order valence-corrected chi connectivity index (χ2v) is 9.26. The van der Waals surface area contributed by atoms with Gasteiger partial charge in [-0.2, -0.15) is 4.31 Å². The number of aromatic nitrogens is 1. The summed E-state index contributed by atoms with van der Waals surface area (Å²) in [6, 6.07) is 6.78. The first-order chi connectivity index (χ1) is 13.6. The Morgan fingerprint density at radius 2 is 1.83 bits per heavy atom. The number of pyridine rings is 1. The van der Waals surface area contributed by atoms with Gasteiger partial charge in [-0.1, -0.05) is 29.8 Å². The first-order valence-electron chi connectivity index (χ1n) is 8.98. The standard InChI is InChI=1S/C19H23BrFN3O4S/c1-4-24(5-2)29(27,28)16-7-9-18(25)23(12-16)13-19(26)22(3)11-14-10-15(20)6-8-17(14)21/h6-10,12H,4-5,11,13H2,1-3H3. The van der Waals surface area contributed by atoms with Crippen molar-refractivity contribution in [1.29, 1.82) is 0 Å². The van der Waals surface area contributed by atoms with Crippen LogP contribution in [0.25, 0.3) is 0 Å². The third-order valence-electron chi connectivity index (χ3n) is 4.45. The number of sulfonamides is 1. The number of rotatable bonds is 8. The van der Waals surface area contributed by atoms with Crippen LogP contribution in [0.3, 0.4) is 0 Å². The molecule has 0 radical (unpaired) electrons. The summed E-state index contributed by atoms with van der Waals surface area (Å²) >= 11 is 3.26. The van der Waals surface area contributed by atoms with E-state index < -0.39 is 27.3 Å². The van der Waals surface area contributed by atoms with Gasteiger partial charge in [-0.05, 0) is 24.3 Å². The van der Waals surface area contributed by atoms with Crippen LogP contribution in [0.5, 0.6) is 0 Å². The van der Waals surface area contributed by atoms with Crippen LogP contribution < -0.4 is 5.56 Å². The lowest BCUT2D eigenvalue weighted by atomic mass is 10.2. The van der Waals surface area contributed by atoms with Crippen LogP contribution in [0.15, 0.2) is 50.7 Å². The number of carbonyl (C=O) groups is 1. The summed E-state index contributed by atoms with van der Waals surface area (Å²) in [5.41, 5.74) is -0.181. The highest BCUT2D eigenvalue weighted by atomic mass is 79.9. The van der Waals surface area contributed by atoms with Crippen LogP contribution in [0, 0.1) is 5.82 Å². The Morgan fingerprint density at radius 3 is 2.45 bits per heavy atom. The van der Waals surface area contributed by atoms with Crippen LogP contribution in [0.2, 0.25) is 0 Å². The van der Waals surface area contributed by atoms with E-state index in [1.54, 1.807) is 26.0 Å². The maximum absolute atomic E-state index is 13.9. The van der Waals surface area contributed by atoms with E-state index in [2.05, 4.69) is 15.9 Å². The molecule has 2 rings (SSSR count). The van der Waals surface area contributed by atoms with Gasteiger partial charge in [-0.3, -0.25) is 9.59 Å². The van der Waals surface area contributed by atoms with Crippen molar-refractivity contribution in [3.05, 3.63) is 62.7 Å². The molecule has 29 heavy (non-hydrogen) atoms. The topological polar surface area (TPSA) is 79.7 Å². The zero-order valence-corrected chi connectivity index (χ0v) is 18.8. The monoisotopic (exact) mass is 487 g/mol. The third kappa shape index (κ3) is 5.52. The Labute approximate surface area is 177 Å². The molecule has 1 heterocycles. The van der Waals surface area contributed by atoms with Crippen molar-refractivity contribution in [3.8, 4) is 0 Å². The molecule has 0 unspecified atom stereocenters. The number of amides is 1. The quantitative estimate of drug-likeness (QED) is 0.572. The van der Waals surface area contributed by atoms with E-state index in [0.717, 1.165) is 10.6 Å². The summed E-state index contributed by atoms with van der Waals surface area (Å²) in [5, 5.41) is 0. The summed E-state index contributed by atoms with van der Waals surface area (Å²) in [6.07, 6.45) is 1.17. The normalized spacial score (nSPS) is 11.7. The lowest BCUT2D eigenvalue weighted by molar-refractivity contribution is -0.131. The highest BCUT2D eigenvalue weighted by Gasteiger charge is 2.23. The SMILES string of the molecule is CCN(CC)S(=O)(=O)c1ccc(=O)n(CC(=O)N(C)Cc2cc(Br)ccc2F)c1. The number of benzene rings is 1. The van der Waals surface area contributed by atoms with E-state index >= 15 is 0 Å². The molecule has 0 aliphatic heterocycles. The second-order valence-electron chi connectivity index (χ2n) is 6.41. The van der Waals surface area contributed by atoms with Gasteiger partial charge in [0.05, 0.1) is 4.90 Å². The summed E-state index contributed by atoms with van der Waals surface area (Å²) in [5.74, 6) is -0.902. The van der Waals surface area contributed by atoms with Crippen LogP contribution in [0.4, 0.5) is 4.39 Å². The van der Waals surface area contributed by atoms with Gasteiger partial charge in [0, 0.05) is 49.0 Å². The lowest BCUT2D eigenvalue weighted by Crippen LogP contribution is -2.35. The number of hydrogen-bond donors (Lipinski definition) is 0. The zero-order chi connectivity index (χ0) is 21.8. The van der Waals surface area contributed by atoms with Gasteiger partial charge in [0.15, 0.2) is 0 Å². The van der Waals surface area contributed by atoms with Crippen molar-refractivity contribution in [1.82, 2.24) is 13.8 Å². The predicted molar refractivity (Wildman–Crippen MR) is 111 cm³/mol. The minimum absolute atomic E-state index is 0.0102. The highest BCUT2D eigenvalue weighted by Crippen LogP contribution is 2.17. The van der Waals surface area contributed by atoms with Crippen LogP contribution in [-0.4, -0.2) is 48.2 Å². The lowest BCUT2D eigenvalue weighted by Gasteiger charge is -2.20. The number of nitrogens with zero attached hydrogens (tertiary/aromatic N) is 3. The first-order valence-corrected chi connectivity index (χ1v) is 11.2. The van der Waals surface area contributed by atoms with E-state index in [1.807, 2.05) is 0 Å². The van der Waals surface area contributed by atoms with Gasteiger partial charge in [0.25, 0.3) is 5.56 Å². The molecule has 0 bridgehead atoms. The summed E-state index contributed by atoms with van der Waals surface area (Å²) in [4.78, 5) is 25.9. The number of hydrogen-bond acceptors (Lipinski definition) is 4. The van der Waals surface area contributed by atoms with Gasteiger partial charge < -0.3 is 9.47 Å². The summed E-state index contributed by atoms with van der Waals surface area (Å²) < 4.78 is 42.2. The third-order valence-corrected chi connectivity index (χ3v) is 6.97.